The molecule has 0 aliphatic carbocycles. The number of nitrogen functional groups attached to an aromatic ring is 1. The number of amides is 2. The number of phenols is 2. The quantitative estimate of drug-likeness (QED) is 0.0903. The van der Waals surface area contributed by atoms with Crippen LogP contribution >= 0.6 is 46.5 Å². The third kappa shape index (κ3) is 6.73. The van der Waals surface area contributed by atoms with Crippen molar-refractivity contribution in [2.24, 2.45) is 11.1 Å². The van der Waals surface area contributed by atoms with E-state index in [1.54, 1.807) is 0 Å². The Bertz CT molecular complexity index is 1700. The summed E-state index contributed by atoms with van der Waals surface area (Å²) < 4.78 is 4.04. The van der Waals surface area contributed by atoms with Crippen LogP contribution in [0.15, 0.2) is 22.7 Å². The van der Waals surface area contributed by atoms with Gasteiger partial charge in [0.2, 0.25) is 11.5 Å². The maximum absolute atomic E-state index is 13.5. The Morgan fingerprint density at radius 1 is 1.27 bits per heavy atom. The summed E-state index contributed by atoms with van der Waals surface area (Å²) in [5.74, 6) is -6.11. The summed E-state index contributed by atoms with van der Waals surface area (Å²) in [6.07, 6.45) is -0.376. The Morgan fingerprint density at radius 3 is 2.65 bits per heavy atom. The van der Waals surface area contributed by atoms with Crippen LogP contribution in [0, 0.1) is 5.92 Å². The highest BCUT2D eigenvalue weighted by Gasteiger charge is 2.62. The number of fused-ring (bicyclic) bond motifs is 1. The molecule has 2 aromatic rings. The number of oxime groups is 1. The van der Waals surface area contributed by atoms with Crippen molar-refractivity contribution in [2.45, 2.75) is 41.4 Å². The fraction of sp³-hybridized carbons (Fsp3) is 0.464. The molecule has 20 heteroatoms. The number of rotatable bonds is 12. The number of carboxylic acid groups (broad SMARTS) is 2. The van der Waals surface area contributed by atoms with Gasteiger partial charge in [-0.1, -0.05) is 16.8 Å². The van der Waals surface area contributed by atoms with E-state index in [9.17, 15) is 44.4 Å². The number of morpholine rings is 1. The number of thioether (sulfide) groups is 2. The highest BCUT2D eigenvalue weighted by Crippen LogP contribution is 2.55. The highest BCUT2D eigenvalue weighted by molar-refractivity contribution is 8.20. The number of Topliss-reactive ketones (excluding diaryl/α,β-unsaturated/α-hetero) is 1. The number of ether oxygens (including phenoxy) is 1. The van der Waals surface area contributed by atoms with Crippen molar-refractivity contribution in [1.82, 2.24) is 14.8 Å². The molecule has 1 aromatic carbocycles. The predicted molar refractivity (Wildman–Crippen MR) is 175 cm³/mol. The van der Waals surface area contributed by atoms with E-state index in [0.29, 0.717) is 0 Å². The SMILES string of the molecule is CC(C)(O/N=C(\C(=O)C[C@@H]1C(=O)N2C[C@](SC[C@H]3COCCN3C(=O)c3ccc(O)c(O)c3Cl)(C(=O)O)SC12)c1csc(N)n1)C(=O)O. The molecule has 1 aromatic heterocycles. The number of phenolic OH excluding ortho intramolecular Hbond substituents is 2. The number of hydrogen-bond donors (Lipinski definition) is 5. The Kier molecular flexibility index (Phi) is 10.1. The number of aromatic hydroxyl groups is 2. The lowest BCUT2D eigenvalue weighted by Gasteiger charge is -2.41. The molecule has 3 fully saturated rings. The van der Waals surface area contributed by atoms with E-state index in [1.165, 1.54) is 35.1 Å². The molecule has 6 N–H and O–H groups in total. The minimum atomic E-state index is -1.78. The van der Waals surface area contributed by atoms with Gasteiger partial charge >= 0.3 is 11.9 Å². The van der Waals surface area contributed by atoms with E-state index in [0.717, 1.165) is 40.9 Å². The van der Waals surface area contributed by atoms with Crippen molar-refractivity contribution in [2.75, 3.05) is 37.8 Å². The van der Waals surface area contributed by atoms with Gasteiger partial charge in [0.05, 0.1) is 47.7 Å². The van der Waals surface area contributed by atoms with Crippen LogP contribution in [-0.4, -0.2) is 124 Å². The summed E-state index contributed by atoms with van der Waals surface area (Å²) >= 11 is 9.19. The van der Waals surface area contributed by atoms with E-state index in [2.05, 4.69) is 10.1 Å². The van der Waals surface area contributed by atoms with Gasteiger partial charge in [0.15, 0.2) is 32.2 Å². The second-order valence-electron chi connectivity index (χ2n) is 11.5. The molecule has 2 amide bonds. The van der Waals surface area contributed by atoms with Crippen LogP contribution in [0.4, 0.5) is 5.13 Å². The Morgan fingerprint density at radius 2 is 2.00 bits per heavy atom. The van der Waals surface area contributed by atoms with Crippen molar-refractivity contribution in [3.05, 3.63) is 33.8 Å². The molecular formula is C28H30ClN5O11S3. The standard InChI is InChI=1S/C28H30ClN5O11S3/c1-27(2,24(40)41)45-32-19(15-10-46-26(30)31-15)17(36)7-14-22(39)34-11-28(25(42)43,48-23(14)34)47-9-12-8-44-6-5-33(12)21(38)13-3-4-16(35)20(37)18(13)29/h3-4,10,12,14,23,35,37H,5-9,11H2,1-2H3,(H2,30,31)(H,40,41)(H,42,43)/b32-19-/t12-,14-,23?,28-/m1/s1. The number of anilines is 1. The van der Waals surface area contributed by atoms with Gasteiger partial charge in [-0.2, -0.15) is 0 Å². The first-order valence-corrected chi connectivity index (χ1v) is 17.4. The van der Waals surface area contributed by atoms with Crippen molar-refractivity contribution in [1.29, 1.82) is 0 Å². The third-order valence-corrected chi connectivity index (χ3v) is 12.4. The van der Waals surface area contributed by atoms with E-state index in [4.69, 9.17) is 26.9 Å². The van der Waals surface area contributed by atoms with Gasteiger partial charge in [0, 0.05) is 24.1 Å². The van der Waals surface area contributed by atoms with Crippen LogP contribution in [0.2, 0.25) is 5.02 Å². The van der Waals surface area contributed by atoms with E-state index in [-0.39, 0.29) is 65.6 Å². The van der Waals surface area contributed by atoms with Crippen LogP contribution < -0.4 is 5.73 Å². The topological polar surface area (TPSA) is 242 Å². The summed E-state index contributed by atoms with van der Waals surface area (Å²) in [5, 5.41) is 43.8. The Labute approximate surface area is 290 Å². The van der Waals surface area contributed by atoms with Gasteiger partial charge in [0.1, 0.15) is 5.69 Å². The molecule has 0 saturated carbocycles. The first-order chi connectivity index (χ1) is 22.6. The lowest BCUT2D eigenvalue weighted by Crippen LogP contribution is -2.57. The van der Waals surface area contributed by atoms with Crippen LogP contribution in [-0.2, 0) is 28.8 Å². The summed E-state index contributed by atoms with van der Waals surface area (Å²) in [5.41, 5.74) is 3.61. The van der Waals surface area contributed by atoms with Crippen LogP contribution in [0.1, 0.15) is 36.3 Å². The zero-order chi connectivity index (χ0) is 35.1. The summed E-state index contributed by atoms with van der Waals surface area (Å²) in [6.45, 7) is 2.78. The third-order valence-electron chi connectivity index (χ3n) is 7.90. The van der Waals surface area contributed by atoms with E-state index >= 15 is 0 Å². The summed E-state index contributed by atoms with van der Waals surface area (Å²) in [7, 11) is 0. The molecule has 5 rings (SSSR count). The lowest BCUT2D eigenvalue weighted by atomic mass is 9.90. The number of carbonyl (C=O) groups is 5. The largest absolute Gasteiger partial charge is 0.504 e. The van der Waals surface area contributed by atoms with Crippen molar-refractivity contribution in [3.63, 3.8) is 0 Å². The number of nitrogens with zero attached hydrogens (tertiary/aromatic N) is 4. The number of thiazole rings is 1. The number of carboxylic acids is 2. The number of carbonyl (C=O) groups excluding carboxylic acids is 3. The van der Waals surface area contributed by atoms with Gasteiger partial charge in [-0.3, -0.25) is 14.4 Å². The summed E-state index contributed by atoms with van der Waals surface area (Å²) in [6, 6.07) is 1.82. The first-order valence-electron chi connectivity index (χ1n) is 14.2. The fourth-order valence-corrected chi connectivity index (χ4v) is 9.15. The zero-order valence-corrected chi connectivity index (χ0v) is 28.5. The first kappa shape index (κ1) is 35.5. The fourth-order valence-electron chi connectivity index (χ4n) is 5.11. The number of ketones is 1. The molecule has 3 saturated heterocycles. The van der Waals surface area contributed by atoms with Crippen molar-refractivity contribution in [3.8, 4) is 11.5 Å². The number of nitrogens with two attached hydrogens (primary N) is 1. The highest BCUT2D eigenvalue weighted by atomic mass is 35.5. The lowest BCUT2D eigenvalue weighted by molar-refractivity contribution is -0.161. The molecule has 3 aliphatic heterocycles. The Hall–Kier alpha value is -3.78. The average Bonchev–Trinajstić information content (AvgIpc) is 3.63. The monoisotopic (exact) mass is 743 g/mol. The normalized spacial score (nSPS) is 24.2. The molecule has 4 heterocycles. The van der Waals surface area contributed by atoms with E-state index in [1.807, 2.05) is 0 Å². The number of aromatic nitrogens is 1. The van der Waals surface area contributed by atoms with Gasteiger partial charge in [0.25, 0.3) is 5.91 Å². The molecule has 3 aliphatic rings. The van der Waals surface area contributed by atoms with Crippen LogP contribution in [0.25, 0.3) is 0 Å². The van der Waals surface area contributed by atoms with Crippen molar-refractivity contribution < 1.29 is 54.0 Å². The molecule has 48 heavy (non-hydrogen) atoms. The maximum atomic E-state index is 13.5. The molecule has 258 valence electrons. The molecule has 0 spiro atoms. The molecule has 0 bridgehead atoms. The zero-order valence-electron chi connectivity index (χ0n) is 25.3. The number of benzene rings is 1. The number of hydrogen-bond acceptors (Lipinski definition) is 15. The molecule has 16 nitrogen and oxygen atoms in total. The molecule has 4 atom stereocenters. The number of aliphatic carboxylic acids is 2. The average molecular weight is 744 g/mol. The van der Waals surface area contributed by atoms with Crippen LogP contribution in [0.5, 0.6) is 11.5 Å². The van der Waals surface area contributed by atoms with Gasteiger partial charge in [-0.15, -0.1) is 34.9 Å². The maximum Gasteiger partial charge on any atom is 0.350 e. The van der Waals surface area contributed by atoms with Gasteiger partial charge in [-0.25, -0.2) is 14.6 Å². The summed E-state index contributed by atoms with van der Waals surface area (Å²) in [4.78, 5) is 76.3. The molecule has 0 radical (unpaired) electrons. The predicted octanol–water partition coefficient (Wildman–Crippen LogP) is 1.92. The minimum absolute atomic E-state index is 0.0411. The minimum Gasteiger partial charge on any atom is -0.504 e. The van der Waals surface area contributed by atoms with Crippen LogP contribution in [0.3, 0.4) is 0 Å². The second-order valence-corrected chi connectivity index (χ2v) is 15.8. The van der Waals surface area contributed by atoms with Gasteiger partial charge in [-0.05, 0) is 26.0 Å². The van der Waals surface area contributed by atoms with Gasteiger partial charge < -0.3 is 45.5 Å². The second kappa shape index (κ2) is 13.6. The molecular weight excluding hydrogens is 714 g/mol. The smallest absolute Gasteiger partial charge is 0.350 e. The van der Waals surface area contributed by atoms with E-state index < -0.39 is 68.0 Å². The number of β-lactam (4-membered cyclic amide) rings is 1. The Balaban J connectivity index is 1.30. The van der Waals surface area contributed by atoms with Crippen molar-refractivity contribution >= 4 is 86.8 Å². The number of halogens is 1. The molecule has 1 unspecified atom stereocenters.